The second-order valence-corrected chi connectivity index (χ2v) is 9.54. The third-order valence-electron chi connectivity index (χ3n) is 4.48. The molecular weight excluding hydrogens is 424 g/mol. The number of terminal acetylenes is 1. The van der Waals surface area contributed by atoms with E-state index < -0.39 is 0 Å². The van der Waals surface area contributed by atoms with Crippen LogP contribution in [0.2, 0.25) is 5.02 Å². The SMILES string of the molecule is C#CC[C@@H]1CCOC1=O.CC1(C)CN(C=O)CS1.Cc1cccc(Cl)c1CNC=O. The average molecular weight is 453 g/mol. The van der Waals surface area contributed by atoms with Crippen molar-refractivity contribution >= 4 is 42.2 Å². The van der Waals surface area contributed by atoms with Crippen LogP contribution < -0.4 is 5.32 Å². The van der Waals surface area contributed by atoms with Crippen LogP contribution in [-0.2, 0) is 25.7 Å². The van der Waals surface area contributed by atoms with E-state index in [2.05, 4.69) is 29.8 Å². The highest BCUT2D eigenvalue weighted by molar-refractivity contribution is 8.00. The Hall–Kier alpha value is -2.17. The quantitative estimate of drug-likeness (QED) is 0.421. The Bertz CT molecular complexity index is 744. The van der Waals surface area contributed by atoms with E-state index in [0.717, 1.165) is 36.4 Å². The Labute approximate surface area is 188 Å². The van der Waals surface area contributed by atoms with Gasteiger partial charge in [0.05, 0.1) is 18.4 Å². The lowest BCUT2D eigenvalue weighted by molar-refractivity contribution is -0.141. The Balaban J connectivity index is 0.000000229. The molecule has 2 heterocycles. The minimum atomic E-state index is -0.132. The summed E-state index contributed by atoms with van der Waals surface area (Å²) in [4.78, 5) is 32.7. The molecule has 8 heteroatoms. The van der Waals surface area contributed by atoms with Gasteiger partial charge in [0.15, 0.2) is 0 Å². The van der Waals surface area contributed by atoms with Crippen LogP contribution in [0, 0.1) is 25.2 Å². The molecule has 164 valence electrons. The average Bonchev–Trinajstić information content (AvgIpc) is 3.27. The fourth-order valence-corrected chi connectivity index (χ4v) is 4.02. The first-order chi connectivity index (χ1) is 14.2. The molecule has 0 unspecified atom stereocenters. The molecule has 1 aromatic carbocycles. The second-order valence-electron chi connectivity index (χ2n) is 7.48. The summed E-state index contributed by atoms with van der Waals surface area (Å²) < 4.78 is 4.96. The highest BCUT2D eigenvalue weighted by Crippen LogP contribution is 2.31. The molecule has 0 aromatic heterocycles. The molecule has 2 amide bonds. The van der Waals surface area contributed by atoms with E-state index in [1.807, 2.05) is 36.9 Å². The summed E-state index contributed by atoms with van der Waals surface area (Å²) in [7, 11) is 0. The van der Waals surface area contributed by atoms with Gasteiger partial charge in [-0.1, -0.05) is 23.7 Å². The van der Waals surface area contributed by atoms with Crippen molar-refractivity contribution in [2.75, 3.05) is 19.0 Å². The van der Waals surface area contributed by atoms with Gasteiger partial charge in [-0.25, -0.2) is 0 Å². The zero-order valence-corrected chi connectivity index (χ0v) is 19.2. The smallest absolute Gasteiger partial charge is 0.310 e. The number of hydrogen-bond acceptors (Lipinski definition) is 5. The Kier molecular flexibility index (Phi) is 11.4. The summed E-state index contributed by atoms with van der Waals surface area (Å²) in [6.45, 7) is 8.21. The largest absolute Gasteiger partial charge is 0.465 e. The van der Waals surface area contributed by atoms with Crippen LogP contribution in [0.5, 0.6) is 0 Å². The first kappa shape index (κ1) is 25.9. The van der Waals surface area contributed by atoms with Gasteiger partial charge in [-0.3, -0.25) is 14.4 Å². The summed E-state index contributed by atoms with van der Waals surface area (Å²) in [6.07, 6.45) is 7.92. The molecule has 0 bridgehead atoms. The normalized spacial score (nSPS) is 18.7. The number of ether oxygens (including phenoxy) is 1. The van der Waals surface area contributed by atoms with E-state index in [-0.39, 0.29) is 16.6 Å². The maximum atomic E-state index is 10.6. The molecule has 0 radical (unpaired) electrons. The number of nitrogens with one attached hydrogen (secondary N) is 1. The number of rotatable bonds is 5. The maximum absolute atomic E-state index is 10.6. The number of carbonyl (C=O) groups is 3. The summed E-state index contributed by atoms with van der Waals surface area (Å²) in [5.74, 6) is 3.15. The summed E-state index contributed by atoms with van der Waals surface area (Å²) in [5.41, 5.74) is 2.07. The number of benzene rings is 1. The molecular formula is C22H29ClN2O4S. The highest BCUT2D eigenvalue weighted by atomic mass is 35.5. The molecule has 2 fully saturated rings. The topological polar surface area (TPSA) is 75.7 Å². The van der Waals surface area contributed by atoms with Crippen LogP contribution in [-0.4, -0.2) is 47.5 Å². The maximum Gasteiger partial charge on any atom is 0.310 e. The van der Waals surface area contributed by atoms with Crippen LogP contribution >= 0.6 is 23.4 Å². The van der Waals surface area contributed by atoms with Crippen LogP contribution in [0.4, 0.5) is 0 Å². The Morgan fingerprint density at radius 1 is 1.43 bits per heavy atom. The number of amides is 2. The lowest BCUT2D eigenvalue weighted by atomic mass is 10.1. The zero-order valence-electron chi connectivity index (χ0n) is 17.7. The van der Waals surface area contributed by atoms with Crippen LogP contribution in [0.25, 0.3) is 0 Å². The number of halogens is 1. The van der Waals surface area contributed by atoms with Gasteiger partial charge in [-0.15, -0.1) is 24.1 Å². The number of carbonyl (C=O) groups excluding carboxylic acids is 3. The lowest BCUT2D eigenvalue weighted by Crippen LogP contribution is -2.25. The first-order valence-electron chi connectivity index (χ1n) is 9.58. The van der Waals surface area contributed by atoms with Crippen molar-refractivity contribution in [3.05, 3.63) is 34.3 Å². The van der Waals surface area contributed by atoms with Gasteiger partial charge >= 0.3 is 5.97 Å². The summed E-state index contributed by atoms with van der Waals surface area (Å²) >= 11 is 7.74. The number of hydrogen-bond donors (Lipinski definition) is 1. The van der Waals surface area contributed by atoms with Crippen molar-refractivity contribution in [2.45, 2.75) is 44.9 Å². The molecule has 2 saturated heterocycles. The van der Waals surface area contributed by atoms with Gasteiger partial charge in [-0.05, 0) is 44.4 Å². The van der Waals surface area contributed by atoms with Crippen molar-refractivity contribution in [1.29, 1.82) is 0 Å². The fourth-order valence-electron chi connectivity index (χ4n) is 2.80. The summed E-state index contributed by atoms with van der Waals surface area (Å²) in [6, 6.07) is 5.67. The minimum absolute atomic E-state index is 0.0185. The fraction of sp³-hybridized carbons (Fsp3) is 0.500. The third kappa shape index (κ3) is 9.10. The predicted molar refractivity (Wildman–Crippen MR) is 121 cm³/mol. The molecule has 0 spiro atoms. The molecule has 1 atom stereocenters. The molecule has 1 N–H and O–H groups in total. The van der Waals surface area contributed by atoms with Crippen molar-refractivity contribution in [2.24, 2.45) is 5.92 Å². The van der Waals surface area contributed by atoms with E-state index in [9.17, 15) is 14.4 Å². The van der Waals surface area contributed by atoms with E-state index in [1.165, 1.54) is 0 Å². The van der Waals surface area contributed by atoms with E-state index in [0.29, 0.717) is 31.0 Å². The summed E-state index contributed by atoms with van der Waals surface area (Å²) in [5, 5.41) is 3.28. The van der Waals surface area contributed by atoms with E-state index >= 15 is 0 Å². The molecule has 0 saturated carbocycles. The number of cyclic esters (lactones) is 1. The molecule has 30 heavy (non-hydrogen) atoms. The van der Waals surface area contributed by atoms with Gasteiger partial charge in [0, 0.05) is 29.3 Å². The molecule has 1 aromatic rings. The first-order valence-corrected chi connectivity index (χ1v) is 10.9. The molecule has 2 aliphatic heterocycles. The van der Waals surface area contributed by atoms with Crippen molar-refractivity contribution in [1.82, 2.24) is 10.2 Å². The zero-order chi connectivity index (χ0) is 22.6. The number of nitrogens with zero attached hydrogens (tertiary/aromatic N) is 1. The lowest BCUT2D eigenvalue weighted by Gasteiger charge is -2.14. The van der Waals surface area contributed by atoms with E-state index in [4.69, 9.17) is 18.0 Å². The highest BCUT2D eigenvalue weighted by Gasteiger charge is 2.28. The number of aryl methyl sites for hydroxylation is 1. The number of esters is 1. The predicted octanol–water partition coefficient (Wildman–Crippen LogP) is 3.39. The number of thioether (sulfide) groups is 1. The van der Waals surface area contributed by atoms with Gasteiger partial charge in [0.2, 0.25) is 12.8 Å². The van der Waals surface area contributed by atoms with Crippen LogP contribution in [0.3, 0.4) is 0 Å². The van der Waals surface area contributed by atoms with Gasteiger partial charge in [0.1, 0.15) is 0 Å². The Morgan fingerprint density at radius 3 is 2.60 bits per heavy atom. The Morgan fingerprint density at radius 2 is 2.17 bits per heavy atom. The monoisotopic (exact) mass is 452 g/mol. The van der Waals surface area contributed by atoms with Gasteiger partial charge in [-0.2, -0.15) is 0 Å². The van der Waals surface area contributed by atoms with Crippen LogP contribution in [0.1, 0.15) is 37.8 Å². The third-order valence-corrected chi connectivity index (χ3v) is 6.20. The molecule has 2 aliphatic rings. The van der Waals surface area contributed by atoms with Gasteiger partial charge in [0.25, 0.3) is 0 Å². The standard InChI is InChI=1S/C9H10ClNO.C7H8O2.C6H11NOS/c1-7-3-2-4-9(10)8(7)5-11-6-12;1-2-3-6-4-5-9-7(6)8;1-6(2)3-7(4-8)5-9-6/h2-4,6H,5H2,1H3,(H,11,12);1,6H,3-5H2;4H,3,5H2,1-2H3/t;6-;/m.1./s1. The second kappa shape index (κ2) is 13.2. The molecule has 3 rings (SSSR count). The molecule has 0 aliphatic carbocycles. The van der Waals surface area contributed by atoms with Gasteiger partial charge < -0.3 is 15.0 Å². The minimum Gasteiger partial charge on any atom is -0.465 e. The van der Waals surface area contributed by atoms with Crippen molar-refractivity contribution in [3.63, 3.8) is 0 Å². The van der Waals surface area contributed by atoms with Crippen LogP contribution in [0.15, 0.2) is 18.2 Å². The van der Waals surface area contributed by atoms with E-state index in [1.54, 1.807) is 4.90 Å². The van der Waals surface area contributed by atoms with Crippen molar-refractivity contribution < 1.29 is 19.1 Å². The molecule has 6 nitrogen and oxygen atoms in total. The van der Waals surface area contributed by atoms with Crippen molar-refractivity contribution in [3.8, 4) is 12.3 Å².